The molecule has 1 aliphatic carbocycles. The standard InChI is InChI=1S/C15H26N2O2/c1-3-15(2)14(19)17(11-10-13(18)16-15)12-8-6-4-5-7-9-12/h12H,3-11H2,1-2H3,(H,16,18). The van der Waals surface area contributed by atoms with Crippen molar-refractivity contribution in [2.45, 2.75) is 76.8 Å². The zero-order valence-corrected chi connectivity index (χ0v) is 12.2. The van der Waals surface area contributed by atoms with Crippen LogP contribution in [0.3, 0.4) is 0 Å². The Labute approximate surface area is 115 Å². The first kappa shape index (κ1) is 14.4. The highest BCUT2D eigenvalue weighted by Crippen LogP contribution is 2.26. The van der Waals surface area contributed by atoms with Crippen LogP contribution in [0.4, 0.5) is 0 Å². The molecule has 1 atom stereocenters. The summed E-state index contributed by atoms with van der Waals surface area (Å²) in [7, 11) is 0. The van der Waals surface area contributed by atoms with E-state index >= 15 is 0 Å². The summed E-state index contributed by atoms with van der Waals surface area (Å²) in [4.78, 5) is 26.6. The van der Waals surface area contributed by atoms with Gasteiger partial charge in [0, 0.05) is 19.0 Å². The van der Waals surface area contributed by atoms with Crippen LogP contribution >= 0.6 is 0 Å². The van der Waals surface area contributed by atoms with Gasteiger partial charge >= 0.3 is 0 Å². The van der Waals surface area contributed by atoms with Crippen LogP contribution in [-0.4, -0.2) is 34.8 Å². The predicted octanol–water partition coefficient (Wildman–Crippen LogP) is 2.23. The van der Waals surface area contributed by atoms with Gasteiger partial charge < -0.3 is 10.2 Å². The lowest BCUT2D eigenvalue weighted by atomic mass is 9.95. The number of hydrogen-bond donors (Lipinski definition) is 1. The summed E-state index contributed by atoms with van der Waals surface area (Å²) in [6.45, 7) is 4.42. The fraction of sp³-hybridized carbons (Fsp3) is 0.867. The highest BCUT2D eigenvalue weighted by molar-refractivity contribution is 5.93. The Morgan fingerprint density at radius 3 is 2.42 bits per heavy atom. The van der Waals surface area contributed by atoms with Gasteiger partial charge in [-0.05, 0) is 26.2 Å². The van der Waals surface area contributed by atoms with Crippen molar-refractivity contribution >= 4 is 11.8 Å². The van der Waals surface area contributed by atoms with E-state index in [0.717, 1.165) is 12.8 Å². The van der Waals surface area contributed by atoms with Crippen molar-refractivity contribution in [3.05, 3.63) is 0 Å². The van der Waals surface area contributed by atoms with Crippen molar-refractivity contribution in [2.75, 3.05) is 6.54 Å². The molecule has 1 unspecified atom stereocenters. The molecule has 0 radical (unpaired) electrons. The zero-order valence-electron chi connectivity index (χ0n) is 12.2. The van der Waals surface area contributed by atoms with E-state index in [9.17, 15) is 9.59 Å². The molecule has 4 nitrogen and oxygen atoms in total. The minimum atomic E-state index is -0.708. The minimum absolute atomic E-state index is 0.00817. The molecule has 1 saturated carbocycles. The fourth-order valence-corrected chi connectivity index (χ4v) is 3.22. The van der Waals surface area contributed by atoms with Gasteiger partial charge in [-0.1, -0.05) is 32.6 Å². The average Bonchev–Trinajstić information content (AvgIpc) is 2.71. The molecule has 2 aliphatic rings. The molecule has 0 aromatic heterocycles. The summed E-state index contributed by atoms with van der Waals surface area (Å²) in [5.74, 6) is 0.126. The third-order valence-electron chi connectivity index (χ3n) is 4.70. The third-order valence-corrected chi connectivity index (χ3v) is 4.70. The van der Waals surface area contributed by atoms with Crippen molar-refractivity contribution in [2.24, 2.45) is 0 Å². The fourth-order valence-electron chi connectivity index (χ4n) is 3.22. The number of carbonyl (C=O) groups excluding carboxylic acids is 2. The SMILES string of the molecule is CCC1(C)NC(=O)CCN(C2CCCCCC2)C1=O. The summed E-state index contributed by atoms with van der Waals surface area (Å²) >= 11 is 0. The Kier molecular flexibility index (Phi) is 4.48. The zero-order chi connectivity index (χ0) is 13.9. The monoisotopic (exact) mass is 266 g/mol. The highest BCUT2D eigenvalue weighted by atomic mass is 16.2. The van der Waals surface area contributed by atoms with E-state index < -0.39 is 5.54 Å². The molecule has 1 N–H and O–H groups in total. The molecular weight excluding hydrogens is 240 g/mol. The molecule has 108 valence electrons. The number of carbonyl (C=O) groups is 2. The number of nitrogens with one attached hydrogen (secondary N) is 1. The summed E-state index contributed by atoms with van der Waals surface area (Å²) < 4.78 is 0. The Hall–Kier alpha value is -1.06. The normalized spacial score (nSPS) is 30.7. The number of nitrogens with zero attached hydrogens (tertiary/aromatic N) is 1. The van der Waals surface area contributed by atoms with E-state index in [0.29, 0.717) is 25.4 Å². The molecule has 2 rings (SSSR count). The number of hydrogen-bond acceptors (Lipinski definition) is 2. The lowest BCUT2D eigenvalue weighted by Crippen LogP contribution is -2.56. The molecule has 2 amide bonds. The molecular formula is C15H26N2O2. The molecule has 1 saturated heterocycles. The number of amides is 2. The Morgan fingerprint density at radius 2 is 1.84 bits per heavy atom. The van der Waals surface area contributed by atoms with E-state index in [1.54, 1.807) is 0 Å². The summed E-state index contributed by atoms with van der Waals surface area (Å²) in [6.07, 6.45) is 8.26. The van der Waals surface area contributed by atoms with Gasteiger partial charge in [0.05, 0.1) is 0 Å². The second-order valence-electron chi connectivity index (χ2n) is 6.13. The Morgan fingerprint density at radius 1 is 1.21 bits per heavy atom. The van der Waals surface area contributed by atoms with E-state index in [4.69, 9.17) is 0 Å². The van der Waals surface area contributed by atoms with Gasteiger partial charge in [-0.3, -0.25) is 9.59 Å². The van der Waals surface area contributed by atoms with Gasteiger partial charge in [-0.25, -0.2) is 0 Å². The first-order valence-electron chi connectivity index (χ1n) is 7.69. The maximum absolute atomic E-state index is 12.8. The van der Waals surface area contributed by atoms with Gasteiger partial charge in [0.15, 0.2) is 0 Å². The van der Waals surface area contributed by atoms with E-state index in [1.807, 2.05) is 18.7 Å². The molecule has 2 fully saturated rings. The summed E-state index contributed by atoms with van der Waals surface area (Å²) in [5.41, 5.74) is -0.708. The van der Waals surface area contributed by atoms with Gasteiger partial charge in [0.25, 0.3) is 0 Å². The van der Waals surface area contributed by atoms with Crippen molar-refractivity contribution in [3.63, 3.8) is 0 Å². The van der Waals surface area contributed by atoms with Crippen molar-refractivity contribution in [1.82, 2.24) is 10.2 Å². The van der Waals surface area contributed by atoms with Crippen molar-refractivity contribution in [1.29, 1.82) is 0 Å². The quantitative estimate of drug-likeness (QED) is 0.779. The van der Waals surface area contributed by atoms with Crippen LogP contribution in [0.15, 0.2) is 0 Å². The van der Waals surface area contributed by atoms with Crippen LogP contribution in [-0.2, 0) is 9.59 Å². The molecule has 1 aliphatic heterocycles. The first-order valence-corrected chi connectivity index (χ1v) is 7.69. The number of rotatable bonds is 2. The lowest BCUT2D eigenvalue weighted by molar-refractivity contribution is -0.140. The van der Waals surface area contributed by atoms with Crippen LogP contribution < -0.4 is 5.32 Å². The largest absolute Gasteiger partial charge is 0.342 e. The maximum Gasteiger partial charge on any atom is 0.248 e. The molecule has 0 spiro atoms. The average molecular weight is 266 g/mol. The van der Waals surface area contributed by atoms with E-state index in [-0.39, 0.29) is 11.8 Å². The third kappa shape index (κ3) is 3.10. The molecule has 0 aromatic rings. The van der Waals surface area contributed by atoms with Crippen LogP contribution in [0.5, 0.6) is 0 Å². The van der Waals surface area contributed by atoms with Gasteiger partial charge in [-0.15, -0.1) is 0 Å². The van der Waals surface area contributed by atoms with Crippen LogP contribution in [0.2, 0.25) is 0 Å². The molecule has 1 heterocycles. The molecule has 19 heavy (non-hydrogen) atoms. The molecule has 0 aromatic carbocycles. The minimum Gasteiger partial charge on any atom is -0.342 e. The van der Waals surface area contributed by atoms with Gasteiger partial charge in [0.1, 0.15) is 5.54 Å². The van der Waals surface area contributed by atoms with Crippen LogP contribution in [0.25, 0.3) is 0 Å². The lowest BCUT2D eigenvalue weighted by Gasteiger charge is -2.36. The summed E-state index contributed by atoms with van der Waals surface area (Å²) in [5, 5.41) is 2.91. The molecule has 4 heteroatoms. The maximum atomic E-state index is 12.8. The van der Waals surface area contributed by atoms with Crippen molar-refractivity contribution < 1.29 is 9.59 Å². The topological polar surface area (TPSA) is 49.4 Å². The Balaban J connectivity index is 2.17. The van der Waals surface area contributed by atoms with E-state index in [2.05, 4.69) is 5.32 Å². The summed E-state index contributed by atoms with van der Waals surface area (Å²) in [6, 6.07) is 0.341. The van der Waals surface area contributed by atoms with Gasteiger partial charge in [0.2, 0.25) is 11.8 Å². The predicted molar refractivity (Wildman–Crippen MR) is 74.7 cm³/mol. The molecule has 0 bridgehead atoms. The Bertz CT molecular complexity index is 348. The van der Waals surface area contributed by atoms with Crippen LogP contribution in [0.1, 0.15) is 65.2 Å². The van der Waals surface area contributed by atoms with E-state index in [1.165, 1.54) is 25.7 Å². The van der Waals surface area contributed by atoms with Crippen LogP contribution in [0, 0.1) is 0 Å². The van der Waals surface area contributed by atoms with Crippen molar-refractivity contribution in [3.8, 4) is 0 Å². The first-order chi connectivity index (χ1) is 9.07. The van der Waals surface area contributed by atoms with Gasteiger partial charge in [-0.2, -0.15) is 0 Å². The highest BCUT2D eigenvalue weighted by Gasteiger charge is 2.41. The smallest absolute Gasteiger partial charge is 0.248 e. The second kappa shape index (κ2) is 5.93. The second-order valence-corrected chi connectivity index (χ2v) is 6.13.